The Morgan fingerprint density at radius 2 is 1.62 bits per heavy atom. The molecule has 0 atom stereocenters. The smallest absolute Gasteiger partial charge is 0.337 e. The number of halogens is 5. The number of thioether (sulfide) groups is 1. The van der Waals surface area contributed by atoms with Gasteiger partial charge < -0.3 is 14.0 Å². The molecular weight excluding hydrogens is 696 g/mol. The molecule has 0 saturated carbocycles. The maximum absolute atomic E-state index is 14.5. The van der Waals surface area contributed by atoms with Gasteiger partial charge in [-0.2, -0.15) is 13.2 Å². The third kappa shape index (κ3) is 8.62. The number of aromatic nitrogens is 3. The van der Waals surface area contributed by atoms with Crippen molar-refractivity contribution in [2.75, 3.05) is 6.54 Å². The summed E-state index contributed by atoms with van der Waals surface area (Å²) in [6.07, 6.45) is 0.595. The minimum absolute atomic E-state index is 0.0367. The Balaban J connectivity index is 1.26. The van der Waals surface area contributed by atoms with Gasteiger partial charge in [0.05, 0.1) is 28.1 Å². The maximum Gasteiger partial charge on any atom is 0.416 e. The second-order valence-electron chi connectivity index (χ2n) is 12.3. The van der Waals surface area contributed by atoms with Crippen molar-refractivity contribution >= 4 is 28.6 Å². The van der Waals surface area contributed by atoms with Gasteiger partial charge >= 0.3 is 6.18 Å². The maximum atomic E-state index is 14.5. The quantitative estimate of drug-likeness (QED) is 0.0879. The van der Waals surface area contributed by atoms with E-state index < -0.39 is 23.4 Å². The number of imidazole rings is 1. The fraction of sp³-hybridized carbons (Fsp3) is 0.225. The third-order valence-electron chi connectivity index (χ3n) is 8.82. The monoisotopic (exact) mass is 730 g/mol. The van der Waals surface area contributed by atoms with E-state index in [0.717, 1.165) is 53.3 Å². The van der Waals surface area contributed by atoms with Crippen LogP contribution >= 0.6 is 11.8 Å². The standard InChI is InChI=1S/C40H35F5N4O2S/c1-2-47-23-32(46-26-47)8-6-20-48(22-27-12-14-28(15-13-27)29-16-18-31(19-17-29)40(43,44)45)37(51)24-49-35-11-4-3-9-33(35)36(50)21-38(49)52-25-30-7-5-10-34(41)39(30)42/h3-5,7,9-19,21,23,26H,2,6,8,20,22,24-25H2,1H3. The van der Waals surface area contributed by atoms with E-state index in [1.165, 1.54) is 30.3 Å². The van der Waals surface area contributed by atoms with Crippen molar-refractivity contribution in [3.8, 4) is 11.1 Å². The van der Waals surface area contributed by atoms with Crippen LogP contribution in [0.25, 0.3) is 22.0 Å². The van der Waals surface area contributed by atoms with E-state index in [4.69, 9.17) is 0 Å². The van der Waals surface area contributed by atoms with Gasteiger partial charge in [-0.25, -0.2) is 13.8 Å². The lowest BCUT2D eigenvalue weighted by molar-refractivity contribution is -0.137. The fourth-order valence-electron chi connectivity index (χ4n) is 5.96. The van der Waals surface area contributed by atoms with Gasteiger partial charge in [-0.15, -0.1) is 11.8 Å². The second-order valence-corrected chi connectivity index (χ2v) is 13.3. The second kappa shape index (κ2) is 16.0. The third-order valence-corrected chi connectivity index (χ3v) is 9.91. The molecule has 12 heteroatoms. The van der Waals surface area contributed by atoms with Crippen LogP contribution in [-0.4, -0.2) is 31.5 Å². The zero-order chi connectivity index (χ0) is 36.8. The SMILES string of the molecule is CCn1cnc(CCCN(Cc2ccc(-c3ccc(C(F)(F)F)cc3)cc2)C(=O)Cn2c(SCc3cccc(F)c3F)cc(=O)c3ccccc32)c1. The van der Waals surface area contributed by atoms with Crippen molar-refractivity contribution in [1.82, 2.24) is 19.0 Å². The number of nitrogens with zero attached hydrogens (tertiary/aromatic N) is 4. The number of carbonyl (C=O) groups excluding carboxylic acids is 1. The normalized spacial score (nSPS) is 11.7. The van der Waals surface area contributed by atoms with Gasteiger partial charge in [-0.3, -0.25) is 9.59 Å². The molecule has 0 bridgehead atoms. The molecule has 0 aliphatic rings. The number of fused-ring (bicyclic) bond motifs is 1. The van der Waals surface area contributed by atoms with Crippen molar-refractivity contribution in [3.63, 3.8) is 0 Å². The highest BCUT2D eigenvalue weighted by Gasteiger charge is 2.30. The first-order chi connectivity index (χ1) is 25.0. The van der Waals surface area contributed by atoms with Gasteiger partial charge in [-0.05, 0) is 66.8 Å². The minimum atomic E-state index is -4.42. The van der Waals surface area contributed by atoms with Gasteiger partial charge in [0.1, 0.15) is 6.54 Å². The first kappa shape index (κ1) is 36.6. The molecule has 0 spiro atoms. The Hall–Kier alpha value is -5.23. The lowest BCUT2D eigenvalue weighted by Gasteiger charge is -2.25. The summed E-state index contributed by atoms with van der Waals surface area (Å²) >= 11 is 1.14. The van der Waals surface area contributed by atoms with Gasteiger partial charge in [0, 0.05) is 48.6 Å². The predicted octanol–water partition coefficient (Wildman–Crippen LogP) is 9.14. The number of alkyl halides is 3. The molecule has 268 valence electrons. The molecule has 0 aliphatic heterocycles. The van der Waals surface area contributed by atoms with E-state index >= 15 is 0 Å². The Bertz CT molecular complexity index is 2230. The van der Waals surface area contributed by atoms with Crippen LogP contribution in [0.5, 0.6) is 0 Å². The van der Waals surface area contributed by atoms with E-state index in [1.807, 2.05) is 42.0 Å². The number of hydrogen-bond acceptors (Lipinski definition) is 4. The number of amides is 1. The van der Waals surface area contributed by atoms with E-state index in [1.54, 1.807) is 40.1 Å². The van der Waals surface area contributed by atoms with E-state index in [-0.39, 0.29) is 35.7 Å². The van der Waals surface area contributed by atoms with Crippen LogP contribution in [-0.2, 0) is 42.8 Å². The molecule has 6 aromatic rings. The number of para-hydroxylation sites is 1. The zero-order valence-electron chi connectivity index (χ0n) is 28.2. The van der Waals surface area contributed by atoms with Crippen molar-refractivity contribution in [2.45, 2.75) is 56.4 Å². The molecular formula is C40H35F5N4O2S. The van der Waals surface area contributed by atoms with Crippen LogP contribution in [0.2, 0.25) is 0 Å². The topological polar surface area (TPSA) is 60.1 Å². The van der Waals surface area contributed by atoms with Crippen LogP contribution in [0.4, 0.5) is 22.0 Å². The van der Waals surface area contributed by atoms with Gasteiger partial charge in [-0.1, -0.05) is 60.7 Å². The van der Waals surface area contributed by atoms with Crippen molar-refractivity contribution in [1.29, 1.82) is 0 Å². The van der Waals surface area contributed by atoms with Gasteiger partial charge in [0.2, 0.25) is 5.91 Å². The molecule has 0 unspecified atom stereocenters. The number of aryl methyl sites for hydroxylation is 2. The van der Waals surface area contributed by atoms with Gasteiger partial charge in [0.25, 0.3) is 0 Å². The largest absolute Gasteiger partial charge is 0.416 e. The highest BCUT2D eigenvalue weighted by atomic mass is 32.2. The highest BCUT2D eigenvalue weighted by molar-refractivity contribution is 7.98. The number of hydrogen-bond donors (Lipinski definition) is 0. The average Bonchev–Trinajstić information content (AvgIpc) is 3.61. The summed E-state index contributed by atoms with van der Waals surface area (Å²) in [6, 6.07) is 24.6. The Morgan fingerprint density at radius 3 is 2.31 bits per heavy atom. The highest BCUT2D eigenvalue weighted by Crippen LogP contribution is 2.31. The number of carbonyl (C=O) groups is 1. The molecule has 0 fully saturated rings. The molecule has 52 heavy (non-hydrogen) atoms. The number of pyridine rings is 1. The zero-order valence-corrected chi connectivity index (χ0v) is 29.1. The van der Waals surface area contributed by atoms with Crippen LogP contribution in [0, 0.1) is 11.6 Å². The van der Waals surface area contributed by atoms with Gasteiger partial charge in [0.15, 0.2) is 17.1 Å². The Labute approximate surface area is 301 Å². The summed E-state index contributed by atoms with van der Waals surface area (Å²) in [5, 5.41) is 0.861. The van der Waals surface area contributed by atoms with Crippen molar-refractivity contribution in [3.05, 3.63) is 154 Å². The molecule has 4 aromatic carbocycles. The van der Waals surface area contributed by atoms with E-state index in [9.17, 15) is 31.5 Å². The summed E-state index contributed by atoms with van der Waals surface area (Å²) in [6.45, 7) is 3.34. The van der Waals surface area contributed by atoms with Crippen LogP contribution in [0.15, 0.2) is 119 Å². The fourth-order valence-corrected chi connectivity index (χ4v) is 6.99. The van der Waals surface area contributed by atoms with E-state index in [2.05, 4.69) is 4.98 Å². The summed E-state index contributed by atoms with van der Waals surface area (Å²) in [5.41, 5.74) is 2.79. The summed E-state index contributed by atoms with van der Waals surface area (Å²) in [5.74, 6) is -2.11. The predicted molar refractivity (Wildman–Crippen MR) is 193 cm³/mol. The number of benzene rings is 4. The molecule has 6 rings (SSSR count). The van der Waals surface area contributed by atoms with Crippen molar-refractivity contribution < 1.29 is 26.7 Å². The molecule has 0 radical (unpaired) electrons. The summed E-state index contributed by atoms with van der Waals surface area (Å²) in [4.78, 5) is 33.6. The molecule has 2 aromatic heterocycles. The van der Waals surface area contributed by atoms with E-state index in [0.29, 0.717) is 40.9 Å². The molecule has 0 N–H and O–H groups in total. The lowest BCUT2D eigenvalue weighted by Crippen LogP contribution is -2.35. The molecule has 0 saturated heterocycles. The molecule has 6 nitrogen and oxygen atoms in total. The first-order valence-electron chi connectivity index (χ1n) is 16.7. The molecule has 2 heterocycles. The average molecular weight is 731 g/mol. The minimum Gasteiger partial charge on any atom is -0.337 e. The van der Waals surface area contributed by atoms with Crippen molar-refractivity contribution in [2.24, 2.45) is 0 Å². The lowest BCUT2D eigenvalue weighted by atomic mass is 10.0. The summed E-state index contributed by atoms with van der Waals surface area (Å²) in [7, 11) is 0. The Kier molecular flexibility index (Phi) is 11.2. The number of rotatable bonds is 13. The van der Waals surface area contributed by atoms with Crippen LogP contribution < -0.4 is 5.43 Å². The first-order valence-corrected chi connectivity index (χ1v) is 17.7. The Morgan fingerprint density at radius 1 is 0.904 bits per heavy atom. The molecule has 1 amide bonds. The van der Waals surface area contributed by atoms with Crippen LogP contribution in [0.1, 0.15) is 35.7 Å². The summed E-state index contributed by atoms with van der Waals surface area (Å²) < 4.78 is 71.4. The molecule has 0 aliphatic carbocycles. The van der Waals surface area contributed by atoms with Crippen LogP contribution in [0.3, 0.4) is 0 Å².